The molecule has 9 nitrogen and oxygen atoms in total. The van der Waals surface area contributed by atoms with Crippen LogP contribution in [0.15, 0.2) is 47.2 Å². The van der Waals surface area contributed by atoms with Crippen molar-refractivity contribution in [1.29, 1.82) is 0 Å². The Hall–Kier alpha value is -3.30. The summed E-state index contributed by atoms with van der Waals surface area (Å²) < 4.78 is 17.3. The van der Waals surface area contributed by atoms with Crippen LogP contribution in [0.2, 0.25) is 0 Å². The van der Waals surface area contributed by atoms with Crippen molar-refractivity contribution in [3.05, 3.63) is 65.3 Å². The van der Waals surface area contributed by atoms with Gasteiger partial charge in [-0.2, -0.15) is 0 Å². The van der Waals surface area contributed by atoms with E-state index in [1.165, 1.54) is 0 Å². The second-order valence-electron chi connectivity index (χ2n) is 9.38. The maximum absolute atomic E-state index is 13.1. The van der Waals surface area contributed by atoms with Gasteiger partial charge in [-0.25, -0.2) is 9.97 Å². The highest BCUT2D eigenvalue weighted by atomic mass is 16.5. The summed E-state index contributed by atoms with van der Waals surface area (Å²) in [5.74, 6) is 1.94. The van der Waals surface area contributed by atoms with Crippen LogP contribution in [-0.2, 0) is 22.7 Å². The van der Waals surface area contributed by atoms with Crippen molar-refractivity contribution in [2.45, 2.75) is 47.0 Å². The number of rotatable bonds is 9. The summed E-state index contributed by atoms with van der Waals surface area (Å²) in [6.07, 6.45) is 3.16. The quantitative estimate of drug-likeness (QED) is 0.458. The molecule has 3 aromatic rings. The third kappa shape index (κ3) is 6.86. The fourth-order valence-electron chi connectivity index (χ4n) is 4.17. The Morgan fingerprint density at radius 2 is 1.86 bits per heavy atom. The minimum Gasteiger partial charge on any atom is -0.424 e. The summed E-state index contributed by atoms with van der Waals surface area (Å²) in [5, 5.41) is 4.02. The van der Waals surface area contributed by atoms with Gasteiger partial charge in [-0.15, -0.1) is 0 Å². The topological polar surface area (TPSA) is 93.8 Å². The van der Waals surface area contributed by atoms with E-state index in [0.717, 1.165) is 22.6 Å². The Labute approximate surface area is 206 Å². The van der Waals surface area contributed by atoms with E-state index < -0.39 is 0 Å². The third-order valence-electron chi connectivity index (χ3n) is 5.91. The van der Waals surface area contributed by atoms with Crippen molar-refractivity contribution in [1.82, 2.24) is 24.9 Å². The molecular weight excluding hydrogens is 446 g/mol. The smallest absolute Gasteiger partial charge is 0.321 e. The van der Waals surface area contributed by atoms with Crippen molar-refractivity contribution in [3.63, 3.8) is 0 Å². The number of hydrogen-bond donors (Lipinski definition) is 0. The second-order valence-corrected chi connectivity index (χ2v) is 9.38. The first kappa shape index (κ1) is 24.8. The molecule has 1 aliphatic rings. The van der Waals surface area contributed by atoms with Crippen molar-refractivity contribution >= 4 is 5.91 Å². The van der Waals surface area contributed by atoms with Gasteiger partial charge in [0.05, 0.1) is 24.9 Å². The number of carbonyl (C=O) groups excluding carboxylic acids is 1. The van der Waals surface area contributed by atoms with E-state index >= 15 is 0 Å². The number of hydrogen-bond acceptors (Lipinski definition) is 8. The van der Waals surface area contributed by atoms with Crippen LogP contribution in [0.1, 0.15) is 36.4 Å². The van der Waals surface area contributed by atoms with Crippen molar-refractivity contribution < 1.29 is 18.8 Å². The van der Waals surface area contributed by atoms with Gasteiger partial charge in [0, 0.05) is 44.1 Å². The standard InChI is InChI=1S/C26H33N5O4/c1-18(2)12-31-15-23(33-17-24-19(3)29-35-20(24)4)14-30(16-25(31)32)13-21-6-8-22(9-7-21)34-26-27-10-5-11-28-26/h5-11,18,23H,12-17H2,1-4H3. The lowest BCUT2D eigenvalue weighted by molar-refractivity contribution is -0.132. The highest BCUT2D eigenvalue weighted by Gasteiger charge is 2.29. The molecule has 9 heteroatoms. The molecule has 0 radical (unpaired) electrons. The second kappa shape index (κ2) is 11.4. The van der Waals surface area contributed by atoms with Gasteiger partial charge in [0.2, 0.25) is 5.91 Å². The summed E-state index contributed by atoms with van der Waals surface area (Å²) in [6, 6.07) is 9.83. The van der Waals surface area contributed by atoms with Gasteiger partial charge in [0.25, 0.3) is 0 Å². The molecule has 1 unspecified atom stereocenters. The van der Waals surface area contributed by atoms with Crippen LogP contribution in [0, 0.1) is 19.8 Å². The SMILES string of the molecule is Cc1noc(C)c1COC1CN(Cc2ccc(Oc3ncccn3)cc2)CC(=O)N(CC(C)C)C1. The van der Waals surface area contributed by atoms with Crippen molar-refractivity contribution in [2.24, 2.45) is 5.92 Å². The number of aromatic nitrogens is 3. The molecule has 1 aromatic carbocycles. The molecule has 1 fully saturated rings. The highest BCUT2D eigenvalue weighted by Crippen LogP contribution is 2.21. The number of benzene rings is 1. The molecule has 186 valence electrons. The van der Waals surface area contributed by atoms with Gasteiger partial charge in [-0.1, -0.05) is 31.1 Å². The van der Waals surface area contributed by atoms with E-state index in [4.69, 9.17) is 14.0 Å². The zero-order valence-electron chi connectivity index (χ0n) is 20.8. The first-order valence-electron chi connectivity index (χ1n) is 11.9. The number of nitrogens with zero attached hydrogens (tertiary/aromatic N) is 5. The molecular formula is C26H33N5O4. The fourth-order valence-corrected chi connectivity index (χ4v) is 4.17. The number of ether oxygens (including phenoxy) is 2. The normalized spacial score (nSPS) is 17.1. The molecule has 1 saturated heterocycles. The Morgan fingerprint density at radius 1 is 1.11 bits per heavy atom. The summed E-state index contributed by atoms with van der Waals surface area (Å²) in [7, 11) is 0. The van der Waals surface area contributed by atoms with Gasteiger partial charge in [0.1, 0.15) is 11.5 Å². The molecule has 4 rings (SSSR count). The van der Waals surface area contributed by atoms with Crippen LogP contribution >= 0.6 is 0 Å². The van der Waals surface area contributed by atoms with E-state index in [1.807, 2.05) is 43.0 Å². The number of aryl methyl sites for hydroxylation is 2. The van der Waals surface area contributed by atoms with Crippen LogP contribution in [-0.4, -0.2) is 63.1 Å². The monoisotopic (exact) mass is 479 g/mol. The maximum Gasteiger partial charge on any atom is 0.321 e. The maximum atomic E-state index is 13.1. The first-order valence-corrected chi connectivity index (χ1v) is 11.9. The lowest BCUT2D eigenvalue weighted by Crippen LogP contribution is -2.40. The highest BCUT2D eigenvalue weighted by molar-refractivity contribution is 5.78. The Morgan fingerprint density at radius 3 is 2.51 bits per heavy atom. The van der Waals surface area contributed by atoms with E-state index in [9.17, 15) is 4.79 Å². The van der Waals surface area contributed by atoms with Crippen LogP contribution in [0.3, 0.4) is 0 Å². The van der Waals surface area contributed by atoms with Gasteiger partial charge in [-0.3, -0.25) is 9.69 Å². The average Bonchev–Trinajstić information content (AvgIpc) is 3.07. The third-order valence-corrected chi connectivity index (χ3v) is 5.91. The van der Waals surface area contributed by atoms with E-state index in [1.54, 1.807) is 18.5 Å². The summed E-state index contributed by atoms with van der Waals surface area (Å²) in [4.78, 5) is 25.3. The molecule has 0 spiro atoms. The molecule has 1 aliphatic heterocycles. The minimum absolute atomic E-state index is 0.119. The van der Waals surface area contributed by atoms with Crippen LogP contribution in [0.4, 0.5) is 0 Å². The van der Waals surface area contributed by atoms with Crippen molar-refractivity contribution in [2.75, 3.05) is 26.2 Å². The lowest BCUT2D eigenvalue weighted by atomic mass is 10.2. The fraction of sp³-hybridized carbons (Fsp3) is 0.462. The molecule has 0 aliphatic carbocycles. The van der Waals surface area contributed by atoms with Crippen LogP contribution in [0.25, 0.3) is 0 Å². The van der Waals surface area contributed by atoms with Gasteiger partial charge in [0.15, 0.2) is 0 Å². The first-order chi connectivity index (χ1) is 16.9. The predicted molar refractivity (Wildman–Crippen MR) is 130 cm³/mol. The van der Waals surface area contributed by atoms with Gasteiger partial charge in [-0.05, 0) is 43.5 Å². The van der Waals surface area contributed by atoms with E-state index in [-0.39, 0.29) is 12.0 Å². The Balaban J connectivity index is 1.43. The van der Waals surface area contributed by atoms with Crippen LogP contribution < -0.4 is 4.74 Å². The predicted octanol–water partition coefficient (Wildman–Crippen LogP) is 3.76. The molecule has 1 atom stereocenters. The summed E-state index contributed by atoms with van der Waals surface area (Å²) in [5.41, 5.74) is 2.90. The van der Waals surface area contributed by atoms with Crippen molar-refractivity contribution in [3.8, 4) is 11.8 Å². The summed E-state index contributed by atoms with van der Waals surface area (Å²) >= 11 is 0. The molecule has 0 saturated carbocycles. The molecule has 35 heavy (non-hydrogen) atoms. The molecule has 0 bridgehead atoms. The number of carbonyl (C=O) groups is 1. The van der Waals surface area contributed by atoms with Crippen LogP contribution in [0.5, 0.6) is 11.8 Å². The minimum atomic E-state index is -0.119. The average molecular weight is 480 g/mol. The van der Waals surface area contributed by atoms with E-state index in [2.05, 4.69) is 33.9 Å². The Bertz CT molecular complexity index is 1080. The van der Waals surface area contributed by atoms with Gasteiger partial charge < -0.3 is 18.9 Å². The summed E-state index contributed by atoms with van der Waals surface area (Å²) in [6.45, 7) is 11.4. The van der Waals surface area contributed by atoms with E-state index in [0.29, 0.717) is 57.0 Å². The zero-order chi connectivity index (χ0) is 24.8. The zero-order valence-corrected chi connectivity index (χ0v) is 20.8. The lowest BCUT2D eigenvalue weighted by Gasteiger charge is -2.26. The Kier molecular flexibility index (Phi) is 8.09. The molecule has 0 N–H and O–H groups in total. The molecule has 2 aromatic heterocycles. The largest absolute Gasteiger partial charge is 0.424 e. The molecule has 1 amide bonds. The van der Waals surface area contributed by atoms with Gasteiger partial charge >= 0.3 is 6.01 Å². The number of amides is 1. The molecule has 3 heterocycles.